The number of hydrogen-bond acceptors (Lipinski definition) is 4. The Balaban J connectivity index is 1.53. The van der Waals surface area contributed by atoms with Crippen LogP contribution in [-0.2, 0) is 19.1 Å². The van der Waals surface area contributed by atoms with Gasteiger partial charge in [-0.25, -0.2) is 0 Å². The van der Waals surface area contributed by atoms with Gasteiger partial charge < -0.3 is 15.0 Å². The highest BCUT2D eigenvalue weighted by Crippen LogP contribution is 2.30. The molecule has 1 saturated heterocycles. The molecule has 1 heterocycles. The van der Waals surface area contributed by atoms with Gasteiger partial charge >= 0.3 is 5.97 Å². The number of nitrogens with one attached hydrogen (secondary N) is 1. The van der Waals surface area contributed by atoms with Gasteiger partial charge in [-0.05, 0) is 36.4 Å². The topological polar surface area (TPSA) is 75.7 Å². The van der Waals surface area contributed by atoms with Gasteiger partial charge in [0.15, 0.2) is 6.61 Å². The number of carbonyl (C=O) groups excluding carboxylic acids is 3. The number of rotatable bonds is 5. The van der Waals surface area contributed by atoms with E-state index in [0.717, 1.165) is 4.47 Å². The highest BCUT2D eigenvalue weighted by molar-refractivity contribution is 9.10. The Kier molecular flexibility index (Phi) is 6.59. The molecule has 6 nitrogen and oxygen atoms in total. The molecule has 146 valence electrons. The summed E-state index contributed by atoms with van der Waals surface area (Å²) in [6, 6.07) is 12.0. The van der Waals surface area contributed by atoms with Gasteiger partial charge in [-0.3, -0.25) is 14.4 Å². The lowest BCUT2D eigenvalue weighted by molar-refractivity contribution is -0.151. The zero-order chi connectivity index (χ0) is 20.3. The van der Waals surface area contributed by atoms with E-state index >= 15 is 0 Å². The van der Waals surface area contributed by atoms with Gasteiger partial charge in [0.25, 0.3) is 5.91 Å². The Hall–Kier alpha value is -2.09. The number of nitrogens with zero attached hydrogens (tertiary/aromatic N) is 1. The number of hydrogen-bond donors (Lipinski definition) is 1. The van der Waals surface area contributed by atoms with Crippen LogP contribution in [0.2, 0.25) is 10.0 Å². The van der Waals surface area contributed by atoms with E-state index in [1.54, 1.807) is 30.3 Å². The fourth-order valence-electron chi connectivity index (χ4n) is 2.78. The summed E-state index contributed by atoms with van der Waals surface area (Å²) in [5.74, 6) is -1.94. The Labute approximate surface area is 179 Å². The van der Waals surface area contributed by atoms with Gasteiger partial charge in [0.2, 0.25) is 5.91 Å². The molecular formula is C19H15BrCl2N2O4. The number of halogens is 3. The summed E-state index contributed by atoms with van der Waals surface area (Å²) in [6.45, 7) is -0.272. The molecule has 2 aromatic carbocycles. The molecule has 0 bridgehead atoms. The lowest BCUT2D eigenvalue weighted by Gasteiger charge is -2.16. The highest BCUT2D eigenvalue weighted by Gasteiger charge is 2.36. The predicted octanol–water partition coefficient (Wildman–Crippen LogP) is 4.29. The summed E-state index contributed by atoms with van der Waals surface area (Å²) in [6.07, 6.45) is 0.0383. The fraction of sp³-hybridized carbons (Fsp3) is 0.211. The van der Waals surface area contributed by atoms with E-state index in [2.05, 4.69) is 21.2 Å². The molecule has 28 heavy (non-hydrogen) atoms. The SMILES string of the molecule is O=C(COC(=O)[C@H]1CC(=O)N(c2ccc(Br)cc2)C1)Nc1cccc(Cl)c1Cl. The van der Waals surface area contributed by atoms with E-state index in [-0.39, 0.29) is 23.9 Å². The van der Waals surface area contributed by atoms with Gasteiger partial charge in [0.1, 0.15) is 0 Å². The molecule has 1 fully saturated rings. The van der Waals surface area contributed by atoms with Crippen LogP contribution in [0.15, 0.2) is 46.9 Å². The van der Waals surface area contributed by atoms with Crippen molar-refractivity contribution in [1.82, 2.24) is 0 Å². The molecule has 9 heteroatoms. The van der Waals surface area contributed by atoms with Gasteiger partial charge in [-0.2, -0.15) is 0 Å². The van der Waals surface area contributed by atoms with E-state index in [4.69, 9.17) is 27.9 Å². The molecule has 0 radical (unpaired) electrons. The molecule has 3 rings (SSSR count). The van der Waals surface area contributed by atoms with Crippen LogP contribution in [-0.4, -0.2) is 30.9 Å². The molecule has 0 unspecified atom stereocenters. The third-order valence-electron chi connectivity index (χ3n) is 4.17. The standard InChI is InChI=1S/C19H15BrCl2N2O4/c20-12-4-6-13(7-5-12)24-9-11(8-17(24)26)19(27)28-10-16(25)23-15-3-1-2-14(21)18(15)22/h1-7,11H,8-10H2,(H,23,25)/t11-/m0/s1. The first-order valence-electron chi connectivity index (χ1n) is 8.31. The van der Waals surface area contributed by atoms with Gasteiger partial charge in [-0.1, -0.05) is 45.2 Å². The van der Waals surface area contributed by atoms with Crippen LogP contribution < -0.4 is 10.2 Å². The summed E-state index contributed by atoms with van der Waals surface area (Å²) < 4.78 is 5.96. The van der Waals surface area contributed by atoms with Gasteiger partial charge in [-0.15, -0.1) is 0 Å². The minimum absolute atomic E-state index is 0.0383. The van der Waals surface area contributed by atoms with Crippen LogP contribution in [0.1, 0.15) is 6.42 Å². The van der Waals surface area contributed by atoms with E-state index in [1.807, 2.05) is 12.1 Å². The lowest BCUT2D eigenvalue weighted by Crippen LogP contribution is -2.28. The molecule has 1 aliphatic heterocycles. The Bertz CT molecular complexity index is 921. The average Bonchev–Trinajstić information content (AvgIpc) is 3.06. The third-order valence-corrected chi connectivity index (χ3v) is 5.52. The zero-order valence-corrected chi connectivity index (χ0v) is 17.6. The van der Waals surface area contributed by atoms with Crippen LogP contribution in [0, 0.1) is 5.92 Å². The Morgan fingerprint density at radius 2 is 1.89 bits per heavy atom. The van der Waals surface area contributed by atoms with E-state index in [9.17, 15) is 14.4 Å². The number of amides is 2. The zero-order valence-electron chi connectivity index (χ0n) is 14.5. The summed E-state index contributed by atoms with van der Waals surface area (Å²) in [5.41, 5.74) is 1.03. The maximum atomic E-state index is 12.3. The summed E-state index contributed by atoms with van der Waals surface area (Å²) >= 11 is 15.2. The van der Waals surface area contributed by atoms with E-state index in [1.165, 1.54) is 4.90 Å². The number of carbonyl (C=O) groups is 3. The largest absolute Gasteiger partial charge is 0.455 e. The minimum atomic E-state index is -0.626. The predicted molar refractivity (Wildman–Crippen MR) is 111 cm³/mol. The molecular weight excluding hydrogens is 471 g/mol. The number of anilines is 2. The minimum Gasteiger partial charge on any atom is -0.455 e. The number of ether oxygens (including phenoxy) is 1. The maximum absolute atomic E-state index is 12.3. The maximum Gasteiger partial charge on any atom is 0.311 e. The molecule has 0 saturated carbocycles. The fourth-order valence-corrected chi connectivity index (χ4v) is 3.39. The number of benzene rings is 2. The number of esters is 1. The van der Waals surface area contributed by atoms with Crippen LogP contribution in [0.3, 0.4) is 0 Å². The van der Waals surface area contributed by atoms with Crippen molar-refractivity contribution in [3.8, 4) is 0 Å². The van der Waals surface area contributed by atoms with Crippen molar-refractivity contribution in [2.75, 3.05) is 23.4 Å². The van der Waals surface area contributed by atoms with Crippen molar-refractivity contribution in [1.29, 1.82) is 0 Å². The third kappa shape index (κ3) is 4.84. The first kappa shape index (κ1) is 20.6. The molecule has 1 N–H and O–H groups in total. The molecule has 1 aliphatic rings. The molecule has 2 aromatic rings. The van der Waals surface area contributed by atoms with Crippen molar-refractivity contribution in [2.45, 2.75) is 6.42 Å². The average molecular weight is 486 g/mol. The van der Waals surface area contributed by atoms with Crippen molar-refractivity contribution >= 4 is 68.3 Å². The summed E-state index contributed by atoms with van der Waals surface area (Å²) in [7, 11) is 0. The second-order valence-electron chi connectivity index (χ2n) is 6.14. The Morgan fingerprint density at radius 3 is 2.61 bits per heavy atom. The van der Waals surface area contributed by atoms with Gasteiger partial charge in [0.05, 0.1) is 21.7 Å². The van der Waals surface area contributed by atoms with Crippen molar-refractivity contribution in [3.05, 3.63) is 57.0 Å². The smallest absolute Gasteiger partial charge is 0.311 e. The monoisotopic (exact) mass is 484 g/mol. The van der Waals surface area contributed by atoms with Crippen LogP contribution in [0.5, 0.6) is 0 Å². The molecule has 2 amide bonds. The Morgan fingerprint density at radius 1 is 1.18 bits per heavy atom. The van der Waals surface area contributed by atoms with Crippen molar-refractivity contribution in [3.63, 3.8) is 0 Å². The molecule has 0 aromatic heterocycles. The molecule has 0 spiro atoms. The summed E-state index contributed by atoms with van der Waals surface area (Å²) in [5, 5.41) is 3.04. The van der Waals surface area contributed by atoms with E-state index < -0.39 is 24.4 Å². The molecule has 0 aliphatic carbocycles. The normalized spacial score (nSPS) is 16.2. The molecule has 1 atom stereocenters. The van der Waals surface area contributed by atoms with E-state index in [0.29, 0.717) is 16.4 Å². The van der Waals surface area contributed by atoms with Crippen LogP contribution in [0.4, 0.5) is 11.4 Å². The van der Waals surface area contributed by atoms with Crippen molar-refractivity contribution < 1.29 is 19.1 Å². The second kappa shape index (κ2) is 8.94. The van der Waals surface area contributed by atoms with Crippen LogP contribution in [0.25, 0.3) is 0 Å². The second-order valence-corrected chi connectivity index (χ2v) is 7.84. The van der Waals surface area contributed by atoms with Gasteiger partial charge in [0, 0.05) is 23.1 Å². The first-order chi connectivity index (χ1) is 13.3. The van der Waals surface area contributed by atoms with Crippen LogP contribution >= 0.6 is 39.1 Å². The summed E-state index contributed by atoms with van der Waals surface area (Å²) in [4.78, 5) is 38.0. The van der Waals surface area contributed by atoms with Crippen molar-refractivity contribution in [2.24, 2.45) is 5.92 Å². The lowest BCUT2D eigenvalue weighted by atomic mass is 10.1. The quantitative estimate of drug-likeness (QED) is 0.641. The first-order valence-corrected chi connectivity index (χ1v) is 9.86. The highest BCUT2D eigenvalue weighted by atomic mass is 79.9.